The molecule has 1 radical (unpaired) electrons. The molecule has 3 nitrogen and oxygen atoms in total. The number of rotatable bonds is 7. The fraction of sp³-hybridized carbons (Fsp3) is 0.214. The summed E-state index contributed by atoms with van der Waals surface area (Å²) in [6.07, 6.45) is 0.830. The number of para-hydroxylation sites is 1. The summed E-state index contributed by atoms with van der Waals surface area (Å²) in [6, 6.07) is 29.3. The highest BCUT2D eigenvalue weighted by atomic mass is 28.3. The molecule has 1 heterocycles. The van der Waals surface area contributed by atoms with Crippen molar-refractivity contribution < 1.29 is 4.79 Å². The molecule has 0 aliphatic rings. The van der Waals surface area contributed by atoms with Crippen LogP contribution in [0.25, 0.3) is 22.2 Å². The molecule has 3 aromatic carbocycles. The van der Waals surface area contributed by atoms with E-state index in [0.29, 0.717) is 0 Å². The second-order valence-corrected chi connectivity index (χ2v) is 11.2. The molecule has 0 saturated carbocycles. The average Bonchev–Trinajstić information content (AvgIpc) is 2.82. The second-order valence-electron chi connectivity index (χ2n) is 8.43. The van der Waals surface area contributed by atoms with Crippen LogP contribution in [0.5, 0.6) is 0 Å². The van der Waals surface area contributed by atoms with E-state index in [1.54, 1.807) is 0 Å². The molecule has 1 atom stereocenters. The molecule has 0 aliphatic carbocycles. The Hall–Kier alpha value is -3.24. The van der Waals surface area contributed by atoms with Crippen LogP contribution in [0.2, 0.25) is 13.1 Å². The predicted molar refractivity (Wildman–Crippen MR) is 135 cm³/mol. The molecule has 0 aliphatic heterocycles. The first-order chi connectivity index (χ1) is 15.6. The SMILES string of the molecule is CCC(NC(=O)c1c(C[Si](C)C)c(-c2ccccc2)nc2ccccc12)c1ccccc1. The van der Waals surface area contributed by atoms with Gasteiger partial charge in [0.25, 0.3) is 5.91 Å². The van der Waals surface area contributed by atoms with Crippen molar-refractivity contribution in [2.75, 3.05) is 0 Å². The molecule has 1 unspecified atom stereocenters. The monoisotopic (exact) mass is 437 g/mol. The van der Waals surface area contributed by atoms with Crippen molar-refractivity contribution in [3.63, 3.8) is 0 Å². The van der Waals surface area contributed by atoms with Gasteiger partial charge in [0.2, 0.25) is 0 Å². The molecule has 161 valence electrons. The number of nitrogens with zero attached hydrogens (tertiary/aromatic N) is 1. The number of hydrogen-bond donors (Lipinski definition) is 1. The zero-order valence-electron chi connectivity index (χ0n) is 18.9. The minimum Gasteiger partial charge on any atom is -0.345 e. The third-order valence-electron chi connectivity index (χ3n) is 5.71. The molecule has 4 aromatic rings. The maximum absolute atomic E-state index is 13.9. The predicted octanol–water partition coefficient (Wildman–Crippen LogP) is 6.62. The van der Waals surface area contributed by atoms with Crippen LogP contribution in [0, 0.1) is 0 Å². The summed E-state index contributed by atoms with van der Waals surface area (Å²) in [7, 11) is -0.644. The Labute approximate surface area is 192 Å². The molecule has 0 spiro atoms. The Bertz CT molecular complexity index is 1210. The van der Waals surface area contributed by atoms with Crippen molar-refractivity contribution in [2.45, 2.75) is 38.5 Å². The van der Waals surface area contributed by atoms with E-state index in [1.807, 2.05) is 60.7 Å². The molecule has 0 bridgehead atoms. The molecule has 1 amide bonds. The fourth-order valence-electron chi connectivity index (χ4n) is 4.21. The van der Waals surface area contributed by atoms with Crippen molar-refractivity contribution >= 4 is 25.6 Å². The van der Waals surface area contributed by atoms with E-state index in [1.165, 1.54) is 0 Å². The third kappa shape index (κ3) is 4.65. The van der Waals surface area contributed by atoms with Crippen LogP contribution in [0.4, 0.5) is 0 Å². The molecule has 4 heteroatoms. The van der Waals surface area contributed by atoms with E-state index in [-0.39, 0.29) is 11.9 Å². The highest BCUT2D eigenvalue weighted by Crippen LogP contribution is 2.32. The van der Waals surface area contributed by atoms with Crippen LogP contribution in [-0.2, 0) is 6.04 Å². The second kappa shape index (κ2) is 9.92. The molecule has 1 N–H and O–H groups in total. The summed E-state index contributed by atoms with van der Waals surface area (Å²) >= 11 is 0. The van der Waals surface area contributed by atoms with E-state index >= 15 is 0 Å². The zero-order valence-corrected chi connectivity index (χ0v) is 19.9. The summed E-state index contributed by atoms with van der Waals surface area (Å²) in [5, 5.41) is 4.25. The standard InChI is InChI=1S/C28H29N2OSi/c1-4-24(20-13-7-5-8-14-20)30-28(31)26-22-17-11-12-18-25(22)29-27(23(26)19-32(2)3)21-15-9-6-10-16-21/h5-18,24H,4,19H2,1-3H3,(H,30,31). The lowest BCUT2D eigenvalue weighted by Gasteiger charge is -2.22. The number of hydrogen-bond acceptors (Lipinski definition) is 2. The van der Waals surface area contributed by atoms with Crippen molar-refractivity contribution in [3.8, 4) is 11.3 Å². The van der Waals surface area contributed by atoms with Gasteiger partial charge < -0.3 is 5.32 Å². The lowest BCUT2D eigenvalue weighted by Crippen LogP contribution is -2.30. The average molecular weight is 438 g/mol. The summed E-state index contributed by atoms with van der Waals surface area (Å²) < 4.78 is 0. The number of fused-ring (bicyclic) bond motifs is 1. The van der Waals surface area contributed by atoms with Crippen LogP contribution in [0.3, 0.4) is 0 Å². The molecule has 0 saturated heterocycles. The van der Waals surface area contributed by atoms with Gasteiger partial charge in [-0.1, -0.05) is 98.9 Å². The zero-order chi connectivity index (χ0) is 22.5. The number of pyridine rings is 1. The smallest absolute Gasteiger partial charge is 0.252 e. The lowest BCUT2D eigenvalue weighted by atomic mass is 9.96. The minimum atomic E-state index is -0.644. The van der Waals surface area contributed by atoms with Crippen LogP contribution < -0.4 is 5.32 Å². The van der Waals surface area contributed by atoms with Gasteiger partial charge in [0.1, 0.15) is 0 Å². The Morgan fingerprint density at radius 2 is 1.53 bits per heavy atom. The topological polar surface area (TPSA) is 42.0 Å². The molecule has 1 aromatic heterocycles. The van der Waals surface area contributed by atoms with E-state index in [0.717, 1.165) is 51.3 Å². The number of benzene rings is 3. The van der Waals surface area contributed by atoms with Gasteiger partial charge >= 0.3 is 0 Å². The van der Waals surface area contributed by atoms with E-state index < -0.39 is 8.80 Å². The van der Waals surface area contributed by atoms with E-state index in [9.17, 15) is 4.79 Å². The number of carbonyl (C=O) groups is 1. The van der Waals surface area contributed by atoms with E-state index in [4.69, 9.17) is 4.98 Å². The lowest BCUT2D eigenvalue weighted by molar-refractivity contribution is 0.0936. The number of carbonyl (C=O) groups excluding carboxylic acids is 1. The quantitative estimate of drug-likeness (QED) is 0.330. The summed E-state index contributed by atoms with van der Waals surface area (Å²) in [6.45, 7) is 6.68. The van der Waals surface area contributed by atoms with Crippen LogP contribution >= 0.6 is 0 Å². The van der Waals surface area contributed by atoms with Crippen LogP contribution in [0.1, 0.15) is 40.9 Å². The first-order valence-corrected chi connectivity index (χ1v) is 13.9. The van der Waals surface area contributed by atoms with Gasteiger partial charge in [-0.15, -0.1) is 0 Å². The highest BCUT2D eigenvalue weighted by molar-refractivity contribution is 6.55. The van der Waals surface area contributed by atoms with Gasteiger partial charge in [-0.3, -0.25) is 4.79 Å². The number of aromatic nitrogens is 1. The van der Waals surface area contributed by atoms with Gasteiger partial charge in [-0.05, 0) is 29.7 Å². The summed E-state index contributed by atoms with van der Waals surface area (Å²) in [4.78, 5) is 18.9. The number of nitrogens with one attached hydrogen (secondary N) is 1. The number of amides is 1. The molecular weight excluding hydrogens is 408 g/mol. The maximum atomic E-state index is 13.9. The first-order valence-electron chi connectivity index (χ1n) is 11.2. The Morgan fingerprint density at radius 1 is 0.906 bits per heavy atom. The summed E-state index contributed by atoms with van der Waals surface area (Å²) in [5.74, 6) is -0.0188. The highest BCUT2D eigenvalue weighted by Gasteiger charge is 2.24. The Balaban J connectivity index is 1.89. The maximum Gasteiger partial charge on any atom is 0.252 e. The van der Waals surface area contributed by atoms with Crippen molar-refractivity contribution in [1.29, 1.82) is 0 Å². The van der Waals surface area contributed by atoms with E-state index in [2.05, 4.69) is 49.6 Å². The van der Waals surface area contributed by atoms with Crippen molar-refractivity contribution in [3.05, 3.63) is 102 Å². The van der Waals surface area contributed by atoms with Gasteiger partial charge in [0.05, 0.1) is 22.8 Å². The first kappa shape index (κ1) is 22.0. The van der Waals surface area contributed by atoms with Crippen LogP contribution in [-0.4, -0.2) is 19.7 Å². The molecular formula is C28H29N2OSi. The largest absolute Gasteiger partial charge is 0.345 e. The van der Waals surface area contributed by atoms with Gasteiger partial charge in [0.15, 0.2) is 0 Å². The Kier molecular flexibility index (Phi) is 6.81. The normalized spacial score (nSPS) is 12.1. The van der Waals surface area contributed by atoms with Crippen molar-refractivity contribution in [1.82, 2.24) is 10.3 Å². The third-order valence-corrected chi connectivity index (χ3v) is 6.77. The molecule has 0 fully saturated rings. The van der Waals surface area contributed by atoms with Gasteiger partial charge in [0, 0.05) is 19.7 Å². The fourth-order valence-corrected chi connectivity index (χ4v) is 5.26. The van der Waals surface area contributed by atoms with Crippen molar-refractivity contribution in [2.24, 2.45) is 0 Å². The summed E-state index contributed by atoms with van der Waals surface area (Å²) in [5.41, 5.74) is 5.80. The minimum absolute atomic E-state index is 0.0188. The molecule has 4 rings (SSSR count). The molecule has 32 heavy (non-hydrogen) atoms. The van der Waals surface area contributed by atoms with Gasteiger partial charge in [-0.25, -0.2) is 4.98 Å². The van der Waals surface area contributed by atoms with Gasteiger partial charge in [-0.2, -0.15) is 0 Å². The van der Waals surface area contributed by atoms with Crippen LogP contribution in [0.15, 0.2) is 84.9 Å². The Morgan fingerprint density at radius 3 is 2.19 bits per heavy atom.